The number of hydrogen-bond donors (Lipinski definition) is 1. The zero-order chi connectivity index (χ0) is 13.2. The van der Waals surface area contributed by atoms with Gasteiger partial charge in [-0.15, -0.1) is 0 Å². The number of carbonyl (C=O) groups is 1. The van der Waals surface area contributed by atoms with Gasteiger partial charge in [-0.3, -0.25) is 10.1 Å². The van der Waals surface area contributed by atoms with Gasteiger partial charge >= 0.3 is 5.97 Å². The predicted molar refractivity (Wildman–Crippen MR) is 65.8 cm³/mol. The first-order chi connectivity index (χ1) is 7.77. The molecule has 0 aromatic carbocycles. The van der Waals surface area contributed by atoms with Gasteiger partial charge in [-0.05, 0) is 40.7 Å². The molecule has 1 atom stereocenters. The maximum Gasteiger partial charge on any atom is 0.325 e. The number of ether oxygens (including phenoxy) is 1. The van der Waals surface area contributed by atoms with Gasteiger partial charge in [-0.25, -0.2) is 0 Å². The summed E-state index contributed by atoms with van der Waals surface area (Å²) in [6, 6.07) is 2.02. The summed E-state index contributed by atoms with van der Waals surface area (Å²) in [6.45, 7) is 9.44. The zero-order valence-corrected chi connectivity index (χ0v) is 11.4. The molecule has 1 aromatic rings. The van der Waals surface area contributed by atoms with Crippen LogP contribution in [0.1, 0.15) is 43.9 Å². The molecule has 0 radical (unpaired) electrons. The van der Waals surface area contributed by atoms with Crippen molar-refractivity contribution in [3.8, 4) is 0 Å². The number of methoxy groups -OCH3 is 1. The fourth-order valence-electron chi connectivity index (χ4n) is 2.01. The summed E-state index contributed by atoms with van der Waals surface area (Å²) >= 11 is 0. The molecule has 1 unspecified atom stereocenters. The maximum absolute atomic E-state index is 11.6. The summed E-state index contributed by atoms with van der Waals surface area (Å²) in [7, 11) is 1.39. The highest BCUT2D eigenvalue weighted by Crippen LogP contribution is 2.23. The molecule has 1 rings (SSSR count). The van der Waals surface area contributed by atoms with Gasteiger partial charge in [0.15, 0.2) is 0 Å². The Morgan fingerprint density at radius 3 is 2.47 bits per heavy atom. The molecule has 4 nitrogen and oxygen atoms in total. The normalized spacial score (nSPS) is 13.5. The highest BCUT2D eigenvalue weighted by Gasteiger charge is 2.31. The van der Waals surface area contributed by atoms with E-state index in [1.165, 1.54) is 7.11 Å². The Hall–Kier alpha value is -1.29. The zero-order valence-electron chi connectivity index (χ0n) is 11.4. The number of esters is 1. The minimum absolute atomic E-state index is 0.0292. The van der Waals surface area contributed by atoms with Crippen molar-refractivity contribution in [1.29, 1.82) is 0 Å². The molecule has 0 saturated carbocycles. The lowest BCUT2D eigenvalue weighted by Gasteiger charge is -2.27. The molecule has 1 aromatic heterocycles. The van der Waals surface area contributed by atoms with Crippen molar-refractivity contribution in [3.63, 3.8) is 0 Å². The fraction of sp³-hybridized carbons (Fsp3) is 0.615. The first-order valence-electron chi connectivity index (χ1n) is 5.71. The summed E-state index contributed by atoms with van der Waals surface area (Å²) in [6.07, 6.45) is 0. The van der Waals surface area contributed by atoms with Crippen LogP contribution in [0.15, 0.2) is 10.5 Å². The van der Waals surface area contributed by atoms with Gasteiger partial charge in [0.25, 0.3) is 0 Å². The molecule has 17 heavy (non-hydrogen) atoms. The standard InChI is InChI=1S/C13H21NO3/c1-8-7-11(10(3)17-8)9(2)14-13(4,5)12(15)16-6/h7,9,14H,1-6H3. The summed E-state index contributed by atoms with van der Waals surface area (Å²) in [5.41, 5.74) is 0.352. The third-order valence-electron chi connectivity index (χ3n) is 2.82. The Kier molecular flexibility index (Phi) is 3.98. The molecule has 0 fully saturated rings. The first-order valence-corrected chi connectivity index (χ1v) is 5.71. The minimum Gasteiger partial charge on any atom is -0.468 e. The molecular weight excluding hydrogens is 218 g/mol. The molecule has 0 aliphatic heterocycles. The average Bonchev–Trinajstić information content (AvgIpc) is 2.56. The van der Waals surface area contributed by atoms with Crippen LogP contribution in [0.2, 0.25) is 0 Å². The molecule has 1 heterocycles. The van der Waals surface area contributed by atoms with Gasteiger partial charge in [0.1, 0.15) is 17.1 Å². The number of rotatable bonds is 4. The lowest BCUT2D eigenvalue weighted by Crippen LogP contribution is -2.48. The molecule has 96 valence electrons. The molecule has 4 heteroatoms. The topological polar surface area (TPSA) is 51.5 Å². The van der Waals surface area contributed by atoms with Crippen molar-refractivity contribution in [2.24, 2.45) is 0 Å². The number of nitrogens with one attached hydrogen (secondary N) is 1. The molecule has 0 saturated heterocycles. The van der Waals surface area contributed by atoms with E-state index in [4.69, 9.17) is 9.15 Å². The van der Waals surface area contributed by atoms with Crippen molar-refractivity contribution in [2.45, 2.75) is 46.2 Å². The Morgan fingerprint density at radius 2 is 2.06 bits per heavy atom. The van der Waals surface area contributed by atoms with Crippen molar-refractivity contribution in [1.82, 2.24) is 5.32 Å². The third kappa shape index (κ3) is 3.09. The third-order valence-corrected chi connectivity index (χ3v) is 2.82. The van der Waals surface area contributed by atoms with Gasteiger partial charge < -0.3 is 9.15 Å². The Labute approximate surface area is 102 Å². The van der Waals surface area contributed by atoms with E-state index < -0.39 is 5.54 Å². The number of furan rings is 1. The monoisotopic (exact) mass is 239 g/mol. The molecule has 0 aliphatic rings. The van der Waals surface area contributed by atoms with Crippen LogP contribution in [0, 0.1) is 13.8 Å². The van der Waals surface area contributed by atoms with Crippen LogP contribution >= 0.6 is 0 Å². The van der Waals surface area contributed by atoms with Crippen LogP contribution in [0.3, 0.4) is 0 Å². The Morgan fingerprint density at radius 1 is 1.47 bits per heavy atom. The molecule has 0 spiro atoms. The highest BCUT2D eigenvalue weighted by molar-refractivity contribution is 5.79. The number of hydrogen-bond acceptors (Lipinski definition) is 4. The van der Waals surface area contributed by atoms with E-state index in [-0.39, 0.29) is 12.0 Å². The van der Waals surface area contributed by atoms with Crippen LogP contribution in [0.4, 0.5) is 0 Å². The van der Waals surface area contributed by atoms with E-state index in [1.54, 1.807) is 13.8 Å². The lowest BCUT2D eigenvalue weighted by atomic mass is 10.0. The van der Waals surface area contributed by atoms with E-state index in [0.29, 0.717) is 0 Å². The SMILES string of the molecule is COC(=O)C(C)(C)NC(C)c1cc(C)oc1C. The van der Waals surface area contributed by atoms with E-state index in [2.05, 4.69) is 5.32 Å². The van der Waals surface area contributed by atoms with E-state index in [9.17, 15) is 4.79 Å². The second-order valence-corrected chi connectivity index (χ2v) is 4.85. The van der Waals surface area contributed by atoms with Crippen molar-refractivity contribution in [3.05, 3.63) is 23.2 Å². The van der Waals surface area contributed by atoms with Gasteiger partial charge in [0.2, 0.25) is 0 Å². The summed E-state index contributed by atoms with van der Waals surface area (Å²) in [5.74, 6) is 1.48. The predicted octanol–water partition coefficient (Wildman–Crippen LogP) is 2.50. The fourth-order valence-corrected chi connectivity index (χ4v) is 2.01. The second-order valence-electron chi connectivity index (χ2n) is 4.85. The van der Waals surface area contributed by atoms with Gasteiger partial charge in [-0.1, -0.05) is 0 Å². The second kappa shape index (κ2) is 4.92. The average molecular weight is 239 g/mol. The summed E-state index contributed by atoms with van der Waals surface area (Å²) in [4.78, 5) is 11.6. The van der Waals surface area contributed by atoms with E-state index in [1.807, 2.05) is 26.8 Å². The molecule has 1 N–H and O–H groups in total. The van der Waals surface area contributed by atoms with Gasteiger partial charge in [0.05, 0.1) is 7.11 Å². The van der Waals surface area contributed by atoms with Gasteiger partial charge in [0, 0.05) is 11.6 Å². The van der Waals surface area contributed by atoms with Crippen LogP contribution in [0.25, 0.3) is 0 Å². The minimum atomic E-state index is -0.716. The Balaban J connectivity index is 2.82. The Bertz CT molecular complexity index is 407. The van der Waals surface area contributed by atoms with Crippen LogP contribution < -0.4 is 5.32 Å². The molecule has 0 amide bonds. The lowest BCUT2D eigenvalue weighted by molar-refractivity contribution is -0.147. The highest BCUT2D eigenvalue weighted by atomic mass is 16.5. The van der Waals surface area contributed by atoms with Crippen LogP contribution in [-0.4, -0.2) is 18.6 Å². The quantitative estimate of drug-likeness (QED) is 0.820. The summed E-state index contributed by atoms with van der Waals surface area (Å²) in [5, 5.41) is 3.24. The maximum atomic E-state index is 11.6. The van der Waals surface area contributed by atoms with E-state index >= 15 is 0 Å². The van der Waals surface area contributed by atoms with Crippen molar-refractivity contribution in [2.75, 3.05) is 7.11 Å². The largest absolute Gasteiger partial charge is 0.468 e. The smallest absolute Gasteiger partial charge is 0.325 e. The van der Waals surface area contributed by atoms with E-state index in [0.717, 1.165) is 17.1 Å². The van der Waals surface area contributed by atoms with Gasteiger partial charge in [-0.2, -0.15) is 0 Å². The number of carbonyl (C=O) groups excluding carboxylic acids is 1. The molecule has 0 bridgehead atoms. The molecular formula is C13H21NO3. The van der Waals surface area contributed by atoms with Crippen molar-refractivity contribution < 1.29 is 13.9 Å². The summed E-state index contributed by atoms with van der Waals surface area (Å²) < 4.78 is 10.2. The molecule has 0 aliphatic carbocycles. The van der Waals surface area contributed by atoms with Crippen molar-refractivity contribution >= 4 is 5.97 Å². The number of aryl methyl sites for hydroxylation is 2. The van der Waals surface area contributed by atoms with Crippen LogP contribution in [0.5, 0.6) is 0 Å². The van der Waals surface area contributed by atoms with Crippen LogP contribution in [-0.2, 0) is 9.53 Å². The first kappa shape index (κ1) is 13.8.